The van der Waals surface area contributed by atoms with E-state index in [0.717, 1.165) is 55.5 Å². The van der Waals surface area contributed by atoms with Gasteiger partial charge in [0, 0.05) is 70.3 Å². The van der Waals surface area contributed by atoms with Gasteiger partial charge in [0.1, 0.15) is 16.8 Å². The third kappa shape index (κ3) is 8.31. The normalized spacial score (nSPS) is 12.4. The molecule has 290 valence electrons. The van der Waals surface area contributed by atoms with Gasteiger partial charge in [0.2, 0.25) is 11.4 Å². The highest BCUT2D eigenvalue weighted by atomic mass is 32.1. The quantitative estimate of drug-likeness (QED) is 0.0485. The first kappa shape index (κ1) is 40.8. The summed E-state index contributed by atoms with van der Waals surface area (Å²) in [6, 6.07) is 38.5. The number of nitro benzene ring substituents is 1. The van der Waals surface area contributed by atoms with Crippen molar-refractivity contribution in [3.63, 3.8) is 0 Å². The Morgan fingerprint density at radius 2 is 1.45 bits per heavy atom. The van der Waals surface area contributed by atoms with Crippen LogP contribution in [-0.2, 0) is 0 Å². The minimum Gasteiger partial charge on any atom is -0.339 e. The van der Waals surface area contributed by atoms with Crippen LogP contribution in [0.2, 0.25) is 0 Å². The van der Waals surface area contributed by atoms with Crippen molar-refractivity contribution in [2.24, 2.45) is 0 Å². The third-order valence-electron chi connectivity index (χ3n) is 9.93. The maximum Gasteiger partial charge on any atom is 0.292 e. The first-order valence-electron chi connectivity index (χ1n) is 19.4. The van der Waals surface area contributed by atoms with Gasteiger partial charge >= 0.3 is 0 Å². The van der Waals surface area contributed by atoms with E-state index in [0.29, 0.717) is 22.8 Å². The fourth-order valence-corrected chi connectivity index (χ4v) is 8.93. The van der Waals surface area contributed by atoms with Gasteiger partial charge in [0.05, 0.1) is 10.5 Å². The summed E-state index contributed by atoms with van der Waals surface area (Å²) >= 11 is 1.48. The minimum absolute atomic E-state index is 0.0212. The molecule has 0 spiro atoms. The molecular formula is C50H48N5O2S+. The van der Waals surface area contributed by atoms with E-state index in [2.05, 4.69) is 129 Å². The molecular weight excluding hydrogens is 735 g/mol. The van der Waals surface area contributed by atoms with E-state index >= 15 is 0 Å². The molecule has 1 heterocycles. The zero-order valence-electron chi connectivity index (χ0n) is 33.7. The molecule has 8 heteroatoms. The highest BCUT2D eigenvalue weighted by Crippen LogP contribution is 2.50. The molecule has 0 fully saturated rings. The standard InChI is InChI=1S/C50H48N5O2S/c1-8-19-40(9-2)53(35(4)5)42-30-26-38(27-31-42)47(39-28-32-43(33-29-39)54(36(6)7)41-22-15-12-16-23-41)49-48(37-20-13-11-14-21-37)44(34-51)50(58-49)52(10-3)45-24-17-18-25-46(45)55(56)57/h8-9,11-33,35-36H,1-2,10H2,3-7H3/q+1/b40-19+. The maximum atomic E-state index is 12.3. The highest BCUT2D eigenvalue weighted by molar-refractivity contribution is 7.18. The van der Waals surface area contributed by atoms with Gasteiger partial charge in [-0.3, -0.25) is 10.1 Å². The van der Waals surface area contributed by atoms with Crippen LogP contribution in [0.3, 0.4) is 0 Å². The molecule has 1 aromatic heterocycles. The number of nitro groups is 1. The Kier molecular flexibility index (Phi) is 13.0. The number of rotatable bonds is 14. The molecule has 0 N–H and O–H groups in total. The van der Waals surface area contributed by atoms with Crippen LogP contribution in [0.25, 0.3) is 16.7 Å². The molecule has 58 heavy (non-hydrogen) atoms. The van der Waals surface area contributed by atoms with Crippen LogP contribution < -0.4 is 9.80 Å². The zero-order valence-corrected chi connectivity index (χ0v) is 34.5. The Balaban J connectivity index is 1.66. The molecule has 1 aliphatic rings. The number of hydrogen-bond donors (Lipinski definition) is 0. The van der Waals surface area contributed by atoms with E-state index in [9.17, 15) is 15.4 Å². The van der Waals surface area contributed by atoms with Crippen molar-refractivity contribution in [1.82, 2.24) is 0 Å². The summed E-state index contributed by atoms with van der Waals surface area (Å²) in [5, 5.41) is 24.0. The van der Waals surface area contributed by atoms with Crippen LogP contribution in [0.1, 0.15) is 50.6 Å². The summed E-state index contributed by atoms with van der Waals surface area (Å²) in [4.78, 5) is 17.0. The van der Waals surface area contributed by atoms with Gasteiger partial charge in [-0.25, -0.2) is 0 Å². The van der Waals surface area contributed by atoms with E-state index in [4.69, 9.17) is 0 Å². The predicted octanol–water partition coefficient (Wildman–Crippen LogP) is 12.9. The van der Waals surface area contributed by atoms with Crippen molar-refractivity contribution in [2.75, 3.05) is 16.3 Å². The van der Waals surface area contributed by atoms with Crippen molar-refractivity contribution in [3.8, 4) is 17.2 Å². The molecule has 0 atom stereocenters. The molecule has 0 unspecified atom stereocenters. The van der Waals surface area contributed by atoms with Crippen molar-refractivity contribution in [2.45, 2.75) is 46.7 Å². The average molecular weight is 783 g/mol. The second-order valence-corrected chi connectivity index (χ2v) is 15.2. The van der Waals surface area contributed by atoms with Crippen molar-refractivity contribution in [1.29, 1.82) is 5.26 Å². The monoisotopic (exact) mass is 782 g/mol. The first-order chi connectivity index (χ1) is 28.1. The molecule has 5 aromatic rings. The second-order valence-electron chi connectivity index (χ2n) is 14.2. The fraction of sp³-hybridized carbons (Fsp3) is 0.160. The molecule has 0 saturated heterocycles. The van der Waals surface area contributed by atoms with Gasteiger partial charge in [-0.15, -0.1) is 11.3 Å². The van der Waals surface area contributed by atoms with Gasteiger partial charge in [-0.1, -0.05) is 92.0 Å². The molecule has 0 saturated carbocycles. The Morgan fingerprint density at radius 3 is 2.00 bits per heavy atom. The molecule has 0 aliphatic heterocycles. The minimum atomic E-state index is -0.365. The van der Waals surface area contributed by atoms with Gasteiger partial charge < -0.3 is 9.80 Å². The SMILES string of the molecule is C=C/C=C(\C=C)[N+](=C1C=CC(=C(c2ccc(N(c3ccccc3)C(C)C)cc2)c2sc(N(CC)c3ccccc3[N+](=O)[O-])c(C#N)c2-c2ccccc2)C=C1)C(C)C. The summed E-state index contributed by atoms with van der Waals surface area (Å²) in [6.07, 6.45) is 14.1. The van der Waals surface area contributed by atoms with E-state index in [1.165, 1.54) is 17.4 Å². The van der Waals surface area contributed by atoms with E-state index in [-0.39, 0.29) is 22.7 Å². The number of para-hydroxylation sites is 3. The van der Waals surface area contributed by atoms with Gasteiger partial charge in [0.25, 0.3) is 5.69 Å². The van der Waals surface area contributed by atoms with E-state index < -0.39 is 0 Å². The molecule has 0 bridgehead atoms. The first-order valence-corrected chi connectivity index (χ1v) is 20.2. The van der Waals surface area contributed by atoms with Crippen molar-refractivity contribution >= 4 is 50.4 Å². The Hall–Kier alpha value is -6.82. The van der Waals surface area contributed by atoms with Gasteiger partial charge in [0.15, 0.2) is 6.04 Å². The van der Waals surface area contributed by atoms with Crippen molar-refractivity contribution in [3.05, 3.63) is 202 Å². The summed E-state index contributed by atoms with van der Waals surface area (Å²) in [5.74, 6) is 0. The fourth-order valence-electron chi connectivity index (χ4n) is 7.49. The van der Waals surface area contributed by atoms with Crippen LogP contribution in [-0.4, -0.2) is 33.8 Å². The smallest absolute Gasteiger partial charge is 0.292 e. The van der Waals surface area contributed by atoms with Crippen LogP contribution >= 0.6 is 11.3 Å². The number of nitriles is 1. The highest BCUT2D eigenvalue weighted by Gasteiger charge is 2.30. The number of benzene rings is 4. The number of nitrogens with zero attached hydrogens (tertiary/aromatic N) is 5. The second kappa shape index (κ2) is 18.4. The van der Waals surface area contributed by atoms with Gasteiger partial charge in [-0.2, -0.15) is 9.84 Å². The Morgan fingerprint density at radius 1 is 0.845 bits per heavy atom. The Labute approximate surface area is 346 Å². The number of allylic oxidation sites excluding steroid dienone is 8. The number of thiophene rings is 1. The van der Waals surface area contributed by atoms with E-state index in [1.54, 1.807) is 24.3 Å². The number of hydrogen-bond acceptors (Lipinski definition) is 6. The third-order valence-corrected chi connectivity index (χ3v) is 11.2. The molecule has 4 aromatic carbocycles. The van der Waals surface area contributed by atoms with Gasteiger partial charge in [-0.05, 0) is 93.8 Å². The summed E-state index contributed by atoms with van der Waals surface area (Å²) < 4.78 is 2.22. The maximum absolute atomic E-state index is 12.3. The molecule has 0 radical (unpaired) electrons. The zero-order chi connectivity index (χ0) is 41.3. The molecule has 7 nitrogen and oxygen atoms in total. The van der Waals surface area contributed by atoms with Crippen LogP contribution in [0.15, 0.2) is 176 Å². The molecule has 0 amide bonds. The van der Waals surface area contributed by atoms with E-state index in [1.807, 2.05) is 60.4 Å². The Bertz CT molecular complexity index is 2500. The van der Waals surface area contributed by atoms with Crippen LogP contribution in [0.4, 0.5) is 27.8 Å². The largest absolute Gasteiger partial charge is 0.339 e. The van der Waals surface area contributed by atoms with Crippen molar-refractivity contribution < 1.29 is 9.50 Å². The summed E-state index contributed by atoms with van der Waals surface area (Å²) in [7, 11) is 0. The number of anilines is 4. The topological polar surface area (TPSA) is 76.4 Å². The van der Waals surface area contributed by atoms with Crippen LogP contribution in [0, 0.1) is 21.4 Å². The lowest BCUT2D eigenvalue weighted by Gasteiger charge is -2.29. The van der Waals surface area contributed by atoms with Crippen LogP contribution in [0.5, 0.6) is 0 Å². The lowest BCUT2D eigenvalue weighted by atomic mass is 9.90. The average Bonchev–Trinajstić information content (AvgIpc) is 3.61. The summed E-state index contributed by atoms with van der Waals surface area (Å²) in [5.41, 5.74) is 9.50. The molecule has 1 aliphatic carbocycles. The predicted molar refractivity (Wildman–Crippen MR) is 244 cm³/mol. The lowest BCUT2D eigenvalue weighted by molar-refractivity contribution is -0.504. The lowest BCUT2D eigenvalue weighted by Crippen LogP contribution is -2.25. The molecule has 6 rings (SSSR count). The summed E-state index contributed by atoms with van der Waals surface area (Å²) in [6.45, 7) is 19.0.